The van der Waals surface area contributed by atoms with Gasteiger partial charge in [-0.1, -0.05) is 12.1 Å². The highest BCUT2D eigenvalue weighted by atomic mass is 16.7. The fourth-order valence-electron chi connectivity index (χ4n) is 1.86. The SMILES string of the molecule is CC(=O)C1C(O)ON=[N+]1c1cc(C)ccc1C. The van der Waals surface area contributed by atoms with E-state index in [0.29, 0.717) is 0 Å². The highest BCUT2D eigenvalue weighted by Crippen LogP contribution is 2.27. The van der Waals surface area contributed by atoms with E-state index in [1.807, 2.05) is 32.0 Å². The Balaban J connectivity index is 2.46. The van der Waals surface area contributed by atoms with Gasteiger partial charge in [0.1, 0.15) is 0 Å². The molecule has 90 valence electrons. The first kappa shape index (κ1) is 11.7. The minimum atomic E-state index is -1.20. The summed E-state index contributed by atoms with van der Waals surface area (Å²) in [5.41, 5.74) is 2.81. The lowest BCUT2D eigenvalue weighted by atomic mass is 10.1. The second-order valence-corrected chi connectivity index (χ2v) is 4.27. The molecule has 1 aliphatic rings. The summed E-state index contributed by atoms with van der Waals surface area (Å²) in [5.74, 6) is -0.181. The van der Waals surface area contributed by atoms with Crippen molar-refractivity contribution in [3.05, 3.63) is 29.3 Å². The molecule has 0 radical (unpaired) electrons. The highest BCUT2D eigenvalue weighted by Gasteiger charge is 2.45. The number of benzene rings is 1. The van der Waals surface area contributed by atoms with Gasteiger partial charge in [0, 0.05) is 18.6 Å². The predicted molar refractivity (Wildman–Crippen MR) is 59.8 cm³/mol. The Morgan fingerprint density at radius 3 is 2.82 bits per heavy atom. The third-order valence-electron chi connectivity index (χ3n) is 2.80. The molecule has 1 heterocycles. The van der Waals surface area contributed by atoms with Crippen molar-refractivity contribution in [3.8, 4) is 0 Å². The number of carbonyl (C=O) groups is 1. The lowest BCUT2D eigenvalue weighted by molar-refractivity contribution is -0.533. The maximum absolute atomic E-state index is 11.5. The zero-order chi connectivity index (χ0) is 12.6. The summed E-state index contributed by atoms with van der Waals surface area (Å²) >= 11 is 0. The normalized spacial score (nSPS) is 23.2. The fourth-order valence-corrected chi connectivity index (χ4v) is 1.86. The van der Waals surface area contributed by atoms with Crippen LogP contribution >= 0.6 is 0 Å². The molecular formula is C12H15N2O3+. The summed E-state index contributed by atoms with van der Waals surface area (Å²) in [6, 6.07) is 5.07. The molecule has 0 spiro atoms. The van der Waals surface area contributed by atoms with E-state index in [9.17, 15) is 9.90 Å². The average Bonchev–Trinajstić information content (AvgIpc) is 2.64. The number of hydrogen-bond acceptors (Lipinski definition) is 4. The van der Waals surface area contributed by atoms with Gasteiger partial charge in [-0.15, -0.1) is 0 Å². The molecule has 1 N–H and O–H groups in total. The number of rotatable bonds is 2. The summed E-state index contributed by atoms with van der Waals surface area (Å²) in [7, 11) is 0. The van der Waals surface area contributed by atoms with Gasteiger partial charge in [-0.05, 0) is 24.1 Å². The first-order chi connectivity index (χ1) is 8.00. The maximum atomic E-state index is 11.5. The highest BCUT2D eigenvalue weighted by molar-refractivity contribution is 5.81. The minimum Gasteiger partial charge on any atom is -0.351 e. The third kappa shape index (κ3) is 2.06. The second-order valence-electron chi connectivity index (χ2n) is 4.27. The number of carbonyl (C=O) groups excluding carboxylic acids is 1. The Morgan fingerprint density at radius 1 is 1.47 bits per heavy atom. The van der Waals surface area contributed by atoms with E-state index in [-0.39, 0.29) is 5.78 Å². The molecule has 0 aromatic heterocycles. The van der Waals surface area contributed by atoms with Gasteiger partial charge >= 0.3 is 12.3 Å². The van der Waals surface area contributed by atoms with E-state index in [1.165, 1.54) is 11.6 Å². The van der Waals surface area contributed by atoms with Gasteiger partial charge in [0.2, 0.25) is 11.5 Å². The van der Waals surface area contributed by atoms with Crippen LogP contribution in [0.3, 0.4) is 0 Å². The smallest absolute Gasteiger partial charge is 0.308 e. The Kier molecular flexibility index (Phi) is 2.93. The van der Waals surface area contributed by atoms with Crippen molar-refractivity contribution in [2.24, 2.45) is 5.28 Å². The van der Waals surface area contributed by atoms with Gasteiger partial charge in [-0.2, -0.15) is 0 Å². The lowest BCUT2D eigenvalue weighted by Crippen LogP contribution is -2.36. The summed E-state index contributed by atoms with van der Waals surface area (Å²) in [6.45, 7) is 5.29. The van der Waals surface area contributed by atoms with E-state index in [4.69, 9.17) is 4.84 Å². The number of Topliss-reactive ketones (excluding diaryl/α,β-unsaturated/α-hetero) is 1. The molecule has 0 fully saturated rings. The molecule has 0 saturated carbocycles. The van der Waals surface area contributed by atoms with E-state index < -0.39 is 12.3 Å². The average molecular weight is 235 g/mol. The fraction of sp³-hybridized carbons (Fsp3) is 0.417. The van der Waals surface area contributed by atoms with Crippen molar-refractivity contribution < 1.29 is 19.4 Å². The first-order valence-corrected chi connectivity index (χ1v) is 5.42. The molecule has 1 aromatic rings. The van der Waals surface area contributed by atoms with Gasteiger partial charge in [0.15, 0.2) is 5.28 Å². The first-order valence-electron chi connectivity index (χ1n) is 5.42. The molecule has 0 amide bonds. The van der Waals surface area contributed by atoms with Crippen LogP contribution in [0.15, 0.2) is 23.5 Å². The molecular weight excluding hydrogens is 220 g/mol. The monoisotopic (exact) mass is 235 g/mol. The third-order valence-corrected chi connectivity index (χ3v) is 2.80. The Bertz CT molecular complexity index is 497. The molecule has 2 atom stereocenters. The lowest BCUT2D eigenvalue weighted by Gasteiger charge is -2.06. The number of aliphatic hydroxyl groups excluding tert-OH is 1. The molecule has 2 rings (SSSR count). The van der Waals surface area contributed by atoms with Crippen molar-refractivity contribution in [3.63, 3.8) is 0 Å². The molecule has 1 aliphatic heterocycles. The van der Waals surface area contributed by atoms with Crippen molar-refractivity contribution >= 4 is 11.5 Å². The zero-order valence-corrected chi connectivity index (χ0v) is 10.0. The molecule has 1 aromatic carbocycles. The molecule has 17 heavy (non-hydrogen) atoms. The van der Waals surface area contributed by atoms with Gasteiger partial charge in [-0.3, -0.25) is 4.79 Å². The topological polar surface area (TPSA) is 61.9 Å². The Labute approximate surface area is 99.3 Å². The molecule has 2 unspecified atom stereocenters. The van der Waals surface area contributed by atoms with Gasteiger partial charge < -0.3 is 9.94 Å². The van der Waals surface area contributed by atoms with Crippen LogP contribution in [-0.2, 0) is 9.63 Å². The molecule has 5 heteroatoms. The largest absolute Gasteiger partial charge is 0.351 e. The number of nitrogens with zero attached hydrogens (tertiary/aromatic N) is 2. The minimum absolute atomic E-state index is 0.181. The number of aliphatic hydroxyl groups is 1. The van der Waals surface area contributed by atoms with Crippen molar-refractivity contribution in [2.45, 2.75) is 33.1 Å². The second kappa shape index (κ2) is 4.25. The van der Waals surface area contributed by atoms with Crippen LogP contribution in [0.2, 0.25) is 0 Å². The standard InChI is InChI=1S/C12H15N2O3/c1-7-4-5-8(2)10(6-7)14-11(9(3)15)12(16)17-13-14/h4-6,11-12,16H,1-3H3/q+1. The van der Waals surface area contributed by atoms with Crippen LogP contribution in [0.5, 0.6) is 0 Å². The quantitative estimate of drug-likeness (QED) is 0.792. The Hall–Kier alpha value is -1.75. The van der Waals surface area contributed by atoms with Crippen LogP contribution in [0.25, 0.3) is 0 Å². The van der Waals surface area contributed by atoms with Crippen LogP contribution < -0.4 is 0 Å². The molecule has 0 aliphatic carbocycles. The van der Waals surface area contributed by atoms with Gasteiger partial charge in [0.25, 0.3) is 0 Å². The molecule has 5 nitrogen and oxygen atoms in total. The summed E-state index contributed by atoms with van der Waals surface area (Å²) in [4.78, 5) is 16.3. The van der Waals surface area contributed by atoms with Crippen LogP contribution in [-0.4, -0.2) is 27.9 Å². The van der Waals surface area contributed by atoms with E-state index in [2.05, 4.69) is 5.28 Å². The van der Waals surface area contributed by atoms with Crippen molar-refractivity contribution in [1.29, 1.82) is 0 Å². The number of ketones is 1. The molecule has 0 saturated heterocycles. The van der Waals surface area contributed by atoms with Crippen LogP contribution in [0.4, 0.5) is 5.69 Å². The number of aryl methyl sites for hydroxylation is 2. The van der Waals surface area contributed by atoms with E-state index in [0.717, 1.165) is 16.8 Å². The van der Waals surface area contributed by atoms with Crippen LogP contribution in [0, 0.1) is 13.8 Å². The number of hydrogen-bond donors (Lipinski definition) is 1. The zero-order valence-electron chi connectivity index (χ0n) is 10.0. The maximum Gasteiger partial charge on any atom is 0.308 e. The summed E-state index contributed by atoms with van der Waals surface area (Å²) in [5, 5.41) is 13.3. The van der Waals surface area contributed by atoms with Gasteiger partial charge in [0.05, 0.1) is 0 Å². The summed E-state index contributed by atoms with van der Waals surface area (Å²) in [6.07, 6.45) is -1.20. The summed E-state index contributed by atoms with van der Waals surface area (Å²) < 4.78 is 1.44. The van der Waals surface area contributed by atoms with E-state index >= 15 is 0 Å². The molecule has 0 bridgehead atoms. The predicted octanol–water partition coefficient (Wildman–Crippen LogP) is 1.62. The van der Waals surface area contributed by atoms with Gasteiger partial charge in [-0.25, -0.2) is 0 Å². The van der Waals surface area contributed by atoms with Crippen LogP contribution in [0.1, 0.15) is 18.1 Å². The Morgan fingerprint density at radius 2 is 2.18 bits per heavy atom. The van der Waals surface area contributed by atoms with E-state index in [1.54, 1.807) is 0 Å². The van der Waals surface area contributed by atoms with Crippen molar-refractivity contribution in [2.75, 3.05) is 0 Å². The van der Waals surface area contributed by atoms with Crippen molar-refractivity contribution in [1.82, 2.24) is 0 Å².